The molecule has 2 aliphatic rings. The van der Waals surface area contributed by atoms with Gasteiger partial charge in [-0.2, -0.15) is 0 Å². The van der Waals surface area contributed by atoms with Crippen molar-refractivity contribution < 1.29 is 14.4 Å². The van der Waals surface area contributed by atoms with E-state index in [0.29, 0.717) is 25.1 Å². The molecule has 2 aliphatic heterocycles. The third-order valence-corrected chi connectivity index (χ3v) is 6.16. The van der Waals surface area contributed by atoms with Crippen LogP contribution in [0.15, 0.2) is 30.3 Å². The van der Waals surface area contributed by atoms with Crippen LogP contribution in [0.2, 0.25) is 0 Å². The van der Waals surface area contributed by atoms with E-state index >= 15 is 0 Å². The van der Waals surface area contributed by atoms with Crippen LogP contribution in [0.4, 0.5) is 0 Å². The van der Waals surface area contributed by atoms with Crippen molar-refractivity contribution in [2.75, 3.05) is 26.2 Å². The van der Waals surface area contributed by atoms with Gasteiger partial charge in [0, 0.05) is 38.2 Å². The first-order valence-corrected chi connectivity index (χ1v) is 11.4. The highest BCUT2D eigenvalue weighted by Gasteiger charge is 2.36. The molecule has 1 aromatic carbocycles. The van der Waals surface area contributed by atoms with Crippen molar-refractivity contribution in [1.29, 1.82) is 0 Å². The predicted molar refractivity (Wildman–Crippen MR) is 117 cm³/mol. The first-order valence-electron chi connectivity index (χ1n) is 11.4. The predicted octanol–water partition coefficient (Wildman–Crippen LogP) is 3.08. The third-order valence-electron chi connectivity index (χ3n) is 6.16. The summed E-state index contributed by atoms with van der Waals surface area (Å²) in [4.78, 5) is 42.3. The van der Waals surface area contributed by atoms with Crippen LogP contribution in [0.5, 0.6) is 0 Å². The first-order chi connectivity index (χ1) is 14.5. The molecular formula is C24H35N3O3. The molecule has 3 amide bonds. The summed E-state index contributed by atoms with van der Waals surface area (Å²) in [7, 11) is 0. The minimum Gasteiger partial charge on any atom is -0.344 e. The normalized spacial score (nSPS) is 18.9. The number of amides is 3. The summed E-state index contributed by atoms with van der Waals surface area (Å²) in [5.74, 6) is 0.357. The SMILES string of the molecule is CC(C)CC(=O)NC(C(=O)N1CCCCC1)C1CCN(C(=O)c2ccccc2)CC1. The molecule has 0 bridgehead atoms. The maximum Gasteiger partial charge on any atom is 0.253 e. The summed E-state index contributed by atoms with van der Waals surface area (Å²) in [6, 6.07) is 8.84. The zero-order valence-corrected chi connectivity index (χ0v) is 18.3. The lowest BCUT2D eigenvalue weighted by Crippen LogP contribution is -2.55. The molecule has 2 heterocycles. The fourth-order valence-corrected chi connectivity index (χ4v) is 4.49. The molecule has 1 unspecified atom stereocenters. The van der Waals surface area contributed by atoms with E-state index in [1.807, 2.05) is 54.0 Å². The maximum absolute atomic E-state index is 13.3. The minimum absolute atomic E-state index is 0.0387. The van der Waals surface area contributed by atoms with Crippen molar-refractivity contribution in [2.45, 2.75) is 58.4 Å². The van der Waals surface area contributed by atoms with Gasteiger partial charge >= 0.3 is 0 Å². The highest BCUT2D eigenvalue weighted by Crippen LogP contribution is 2.25. The van der Waals surface area contributed by atoms with Crippen LogP contribution in [-0.2, 0) is 9.59 Å². The molecule has 0 aliphatic carbocycles. The highest BCUT2D eigenvalue weighted by molar-refractivity contribution is 5.94. The van der Waals surface area contributed by atoms with E-state index in [1.165, 1.54) is 0 Å². The average Bonchev–Trinajstić information content (AvgIpc) is 2.77. The smallest absolute Gasteiger partial charge is 0.253 e. The van der Waals surface area contributed by atoms with E-state index in [4.69, 9.17) is 0 Å². The molecule has 3 rings (SSSR count). The van der Waals surface area contributed by atoms with Crippen molar-refractivity contribution in [3.05, 3.63) is 35.9 Å². The van der Waals surface area contributed by atoms with Gasteiger partial charge in [0.05, 0.1) is 0 Å². The first kappa shape index (κ1) is 22.3. The lowest BCUT2D eigenvalue weighted by Gasteiger charge is -2.38. The van der Waals surface area contributed by atoms with Crippen LogP contribution in [0.25, 0.3) is 0 Å². The van der Waals surface area contributed by atoms with Gasteiger partial charge in [-0.3, -0.25) is 14.4 Å². The number of benzene rings is 1. The fraction of sp³-hybridized carbons (Fsp3) is 0.625. The highest BCUT2D eigenvalue weighted by atomic mass is 16.2. The van der Waals surface area contributed by atoms with Gasteiger partial charge in [-0.1, -0.05) is 32.0 Å². The van der Waals surface area contributed by atoms with Crippen LogP contribution in [0.1, 0.15) is 62.7 Å². The van der Waals surface area contributed by atoms with Gasteiger partial charge < -0.3 is 15.1 Å². The Morgan fingerprint density at radius 2 is 1.57 bits per heavy atom. The Bertz CT molecular complexity index is 720. The van der Waals surface area contributed by atoms with E-state index in [9.17, 15) is 14.4 Å². The summed E-state index contributed by atoms with van der Waals surface area (Å²) >= 11 is 0. The van der Waals surface area contributed by atoms with Crippen LogP contribution in [0.3, 0.4) is 0 Å². The molecule has 1 aromatic rings. The molecule has 0 radical (unpaired) electrons. The van der Waals surface area contributed by atoms with Gasteiger partial charge in [-0.15, -0.1) is 0 Å². The fourth-order valence-electron chi connectivity index (χ4n) is 4.49. The molecule has 0 saturated carbocycles. The van der Waals surface area contributed by atoms with E-state index in [-0.39, 0.29) is 29.6 Å². The zero-order valence-electron chi connectivity index (χ0n) is 18.3. The molecule has 0 aromatic heterocycles. The Hall–Kier alpha value is -2.37. The van der Waals surface area contributed by atoms with Crippen molar-refractivity contribution in [3.8, 4) is 0 Å². The number of carbonyl (C=O) groups excluding carboxylic acids is 3. The Labute approximate surface area is 180 Å². The number of rotatable bonds is 6. The molecule has 1 N–H and O–H groups in total. The maximum atomic E-state index is 13.3. The molecule has 30 heavy (non-hydrogen) atoms. The molecule has 6 heteroatoms. The third kappa shape index (κ3) is 5.83. The number of hydrogen-bond donors (Lipinski definition) is 1. The standard InChI is InChI=1S/C24H35N3O3/c1-18(2)17-21(28)25-22(24(30)26-13-7-4-8-14-26)19-11-15-27(16-12-19)23(29)20-9-5-3-6-10-20/h3,5-6,9-10,18-19,22H,4,7-8,11-17H2,1-2H3,(H,25,28). The van der Waals surface area contributed by atoms with Crippen LogP contribution < -0.4 is 5.32 Å². The van der Waals surface area contributed by atoms with Crippen molar-refractivity contribution in [1.82, 2.24) is 15.1 Å². The van der Waals surface area contributed by atoms with Crippen LogP contribution in [-0.4, -0.2) is 59.7 Å². The molecule has 6 nitrogen and oxygen atoms in total. The van der Waals surface area contributed by atoms with E-state index in [1.54, 1.807) is 0 Å². The summed E-state index contributed by atoms with van der Waals surface area (Å²) in [6.07, 6.45) is 5.10. The molecule has 1 atom stereocenters. The molecule has 164 valence electrons. The van der Waals surface area contributed by atoms with Crippen molar-refractivity contribution in [2.24, 2.45) is 11.8 Å². The average molecular weight is 414 g/mol. The summed E-state index contributed by atoms with van der Waals surface area (Å²) in [6.45, 7) is 6.80. The second kappa shape index (κ2) is 10.6. The van der Waals surface area contributed by atoms with Crippen LogP contribution in [0, 0.1) is 11.8 Å². The van der Waals surface area contributed by atoms with Gasteiger partial charge in [0.1, 0.15) is 6.04 Å². The molecule has 2 fully saturated rings. The quantitative estimate of drug-likeness (QED) is 0.779. The van der Waals surface area contributed by atoms with Crippen LogP contribution >= 0.6 is 0 Å². The Kier molecular flexibility index (Phi) is 7.88. The van der Waals surface area contributed by atoms with Gasteiger partial charge in [0.2, 0.25) is 11.8 Å². The van der Waals surface area contributed by atoms with E-state index in [2.05, 4.69) is 5.32 Å². The molecule has 2 saturated heterocycles. The number of likely N-dealkylation sites (tertiary alicyclic amines) is 2. The van der Waals surface area contributed by atoms with Crippen molar-refractivity contribution in [3.63, 3.8) is 0 Å². The lowest BCUT2D eigenvalue weighted by atomic mass is 9.87. The van der Waals surface area contributed by atoms with Gasteiger partial charge in [-0.25, -0.2) is 0 Å². The van der Waals surface area contributed by atoms with Gasteiger partial charge in [0.15, 0.2) is 0 Å². The summed E-state index contributed by atoms with van der Waals surface area (Å²) < 4.78 is 0. The molecular weight excluding hydrogens is 378 g/mol. The number of piperidine rings is 2. The largest absolute Gasteiger partial charge is 0.344 e. The number of nitrogens with one attached hydrogen (secondary N) is 1. The van der Waals surface area contributed by atoms with E-state index in [0.717, 1.165) is 45.2 Å². The number of nitrogens with zero attached hydrogens (tertiary/aromatic N) is 2. The number of hydrogen-bond acceptors (Lipinski definition) is 3. The van der Waals surface area contributed by atoms with E-state index < -0.39 is 6.04 Å². The summed E-state index contributed by atoms with van der Waals surface area (Å²) in [5.41, 5.74) is 0.696. The monoisotopic (exact) mass is 413 g/mol. The topological polar surface area (TPSA) is 69.7 Å². The number of carbonyl (C=O) groups is 3. The summed E-state index contributed by atoms with van der Waals surface area (Å²) in [5, 5.41) is 3.06. The lowest BCUT2D eigenvalue weighted by molar-refractivity contribution is -0.139. The Morgan fingerprint density at radius 1 is 0.933 bits per heavy atom. The zero-order chi connectivity index (χ0) is 21.5. The minimum atomic E-state index is -0.483. The van der Waals surface area contributed by atoms with Gasteiger partial charge in [-0.05, 0) is 56.1 Å². The molecule has 0 spiro atoms. The van der Waals surface area contributed by atoms with Gasteiger partial charge in [0.25, 0.3) is 5.91 Å². The Balaban J connectivity index is 1.65. The second-order valence-electron chi connectivity index (χ2n) is 9.02. The van der Waals surface area contributed by atoms with Crippen molar-refractivity contribution >= 4 is 17.7 Å². The Morgan fingerprint density at radius 3 is 2.17 bits per heavy atom. The second-order valence-corrected chi connectivity index (χ2v) is 9.02.